The van der Waals surface area contributed by atoms with Gasteiger partial charge < -0.3 is 5.73 Å². The second-order valence-electron chi connectivity index (χ2n) is 4.39. The number of nitrogens with two attached hydrogens (primary N) is 1. The van der Waals surface area contributed by atoms with E-state index < -0.39 is 0 Å². The molecule has 0 saturated heterocycles. The van der Waals surface area contributed by atoms with E-state index in [9.17, 15) is 4.39 Å². The molecule has 0 atom stereocenters. The second kappa shape index (κ2) is 4.68. The molecule has 0 bridgehead atoms. The fraction of sp³-hybridized carbons (Fsp3) is 0.200. The smallest absolute Gasteiger partial charge is 0.131 e. The maximum Gasteiger partial charge on any atom is 0.131 e. The molecule has 0 aliphatic carbocycles. The van der Waals surface area contributed by atoms with Gasteiger partial charge in [0, 0.05) is 12.1 Å². The van der Waals surface area contributed by atoms with Crippen LogP contribution in [0.15, 0.2) is 36.4 Å². The van der Waals surface area contributed by atoms with Gasteiger partial charge in [0.05, 0.1) is 0 Å². The minimum atomic E-state index is -0.210. The lowest BCUT2D eigenvalue weighted by molar-refractivity contribution is 0.629. The van der Waals surface area contributed by atoms with Gasteiger partial charge in [-0.2, -0.15) is 0 Å². The third-order valence-electron chi connectivity index (χ3n) is 2.80. The van der Waals surface area contributed by atoms with Crippen LogP contribution in [0.2, 0.25) is 0 Å². The first kappa shape index (κ1) is 11.8. The van der Waals surface area contributed by atoms with E-state index in [4.69, 9.17) is 5.73 Å². The quantitative estimate of drug-likeness (QED) is 0.837. The van der Waals surface area contributed by atoms with Crippen molar-refractivity contribution in [3.63, 3.8) is 0 Å². The van der Waals surface area contributed by atoms with E-state index >= 15 is 0 Å². The number of halogens is 1. The van der Waals surface area contributed by atoms with E-state index in [2.05, 4.69) is 6.07 Å². The predicted octanol–water partition coefficient (Wildman–Crippen LogP) is 3.57. The van der Waals surface area contributed by atoms with Crippen molar-refractivity contribution in [3.8, 4) is 11.1 Å². The molecule has 1 nitrogen and oxygen atoms in total. The summed E-state index contributed by atoms with van der Waals surface area (Å²) < 4.78 is 13.9. The van der Waals surface area contributed by atoms with Gasteiger partial charge in [0.25, 0.3) is 0 Å². The number of benzene rings is 2. The number of aryl methyl sites for hydroxylation is 2. The second-order valence-corrected chi connectivity index (χ2v) is 4.39. The van der Waals surface area contributed by atoms with Crippen molar-refractivity contribution in [2.24, 2.45) is 5.73 Å². The number of hydrogen-bond donors (Lipinski definition) is 1. The third kappa shape index (κ3) is 2.53. The monoisotopic (exact) mass is 229 g/mol. The van der Waals surface area contributed by atoms with Crippen molar-refractivity contribution >= 4 is 0 Å². The summed E-state index contributed by atoms with van der Waals surface area (Å²) in [5.74, 6) is -0.210. The highest BCUT2D eigenvalue weighted by Gasteiger charge is 2.06. The van der Waals surface area contributed by atoms with E-state index in [1.54, 1.807) is 6.07 Å². The molecule has 2 N–H and O–H groups in total. The van der Waals surface area contributed by atoms with Crippen molar-refractivity contribution in [2.75, 3.05) is 0 Å². The van der Waals surface area contributed by atoms with Crippen LogP contribution < -0.4 is 5.73 Å². The molecule has 0 heterocycles. The lowest BCUT2D eigenvalue weighted by Gasteiger charge is -2.08. The van der Waals surface area contributed by atoms with Gasteiger partial charge in [-0.25, -0.2) is 4.39 Å². The molecular weight excluding hydrogens is 213 g/mol. The highest BCUT2D eigenvalue weighted by atomic mass is 19.1. The first-order chi connectivity index (χ1) is 8.10. The maximum atomic E-state index is 13.9. The van der Waals surface area contributed by atoms with Crippen LogP contribution in [0.5, 0.6) is 0 Å². The third-order valence-corrected chi connectivity index (χ3v) is 2.80. The minimum Gasteiger partial charge on any atom is -0.326 e. The van der Waals surface area contributed by atoms with Crippen LogP contribution in [-0.2, 0) is 6.54 Å². The Hall–Kier alpha value is -1.67. The Balaban J connectivity index is 2.52. The van der Waals surface area contributed by atoms with Gasteiger partial charge in [-0.05, 0) is 31.0 Å². The van der Waals surface area contributed by atoms with E-state index in [1.165, 1.54) is 6.07 Å². The Morgan fingerprint density at radius 2 is 1.65 bits per heavy atom. The lowest BCUT2D eigenvalue weighted by atomic mass is 9.99. The van der Waals surface area contributed by atoms with Crippen LogP contribution in [0.25, 0.3) is 11.1 Å². The van der Waals surface area contributed by atoms with Crippen molar-refractivity contribution in [1.29, 1.82) is 0 Å². The molecule has 2 heteroatoms. The maximum absolute atomic E-state index is 13.9. The summed E-state index contributed by atoms with van der Waals surface area (Å²) in [7, 11) is 0. The molecule has 0 amide bonds. The summed E-state index contributed by atoms with van der Waals surface area (Å²) in [6.45, 7) is 4.40. The van der Waals surface area contributed by atoms with E-state index in [-0.39, 0.29) is 5.82 Å². The van der Waals surface area contributed by atoms with Gasteiger partial charge in [0.15, 0.2) is 0 Å². The molecular formula is C15H16FN. The summed E-state index contributed by atoms with van der Waals surface area (Å²) in [5, 5.41) is 0. The van der Waals surface area contributed by atoms with Crippen LogP contribution in [0.1, 0.15) is 16.7 Å². The first-order valence-electron chi connectivity index (χ1n) is 5.67. The molecule has 0 unspecified atom stereocenters. The van der Waals surface area contributed by atoms with Gasteiger partial charge in [-0.3, -0.25) is 0 Å². The van der Waals surface area contributed by atoms with E-state index in [0.29, 0.717) is 12.1 Å². The molecule has 0 radical (unpaired) electrons. The average Bonchev–Trinajstić information content (AvgIpc) is 2.27. The summed E-state index contributed by atoms with van der Waals surface area (Å²) in [5.41, 5.74) is 10.1. The predicted molar refractivity (Wildman–Crippen MR) is 69.2 cm³/mol. The van der Waals surface area contributed by atoms with Crippen LogP contribution in [0.3, 0.4) is 0 Å². The molecule has 2 rings (SSSR count). The molecule has 0 aliphatic heterocycles. The first-order valence-corrected chi connectivity index (χ1v) is 5.67. The van der Waals surface area contributed by atoms with Crippen LogP contribution in [0, 0.1) is 19.7 Å². The molecule has 2 aromatic carbocycles. The Morgan fingerprint density at radius 1 is 1.00 bits per heavy atom. The molecule has 88 valence electrons. The molecule has 0 aromatic heterocycles. The summed E-state index contributed by atoms with van der Waals surface area (Å²) in [6, 6.07) is 11.2. The van der Waals surface area contributed by atoms with Crippen molar-refractivity contribution in [2.45, 2.75) is 20.4 Å². The van der Waals surface area contributed by atoms with Gasteiger partial charge in [0.1, 0.15) is 5.82 Å². The van der Waals surface area contributed by atoms with Gasteiger partial charge >= 0.3 is 0 Å². The highest BCUT2D eigenvalue weighted by Crippen LogP contribution is 2.25. The fourth-order valence-corrected chi connectivity index (χ4v) is 2.05. The van der Waals surface area contributed by atoms with Gasteiger partial charge in [0.2, 0.25) is 0 Å². The zero-order chi connectivity index (χ0) is 12.4. The van der Waals surface area contributed by atoms with Crippen LogP contribution in [-0.4, -0.2) is 0 Å². The van der Waals surface area contributed by atoms with Crippen molar-refractivity contribution in [3.05, 3.63) is 58.9 Å². The average molecular weight is 229 g/mol. The Kier molecular flexibility index (Phi) is 3.25. The van der Waals surface area contributed by atoms with Gasteiger partial charge in [-0.15, -0.1) is 0 Å². The normalized spacial score (nSPS) is 10.6. The number of hydrogen-bond acceptors (Lipinski definition) is 1. The lowest BCUT2D eigenvalue weighted by Crippen LogP contribution is -1.97. The summed E-state index contributed by atoms with van der Waals surface area (Å²) >= 11 is 0. The molecule has 17 heavy (non-hydrogen) atoms. The zero-order valence-corrected chi connectivity index (χ0v) is 10.1. The fourth-order valence-electron chi connectivity index (χ4n) is 2.05. The summed E-state index contributed by atoms with van der Waals surface area (Å²) in [6.07, 6.45) is 0. The number of rotatable bonds is 2. The highest BCUT2D eigenvalue weighted by molar-refractivity contribution is 5.66. The molecule has 0 spiro atoms. The Morgan fingerprint density at radius 3 is 2.18 bits per heavy atom. The topological polar surface area (TPSA) is 26.0 Å². The Bertz CT molecular complexity index is 526. The van der Waals surface area contributed by atoms with Gasteiger partial charge in [-0.1, -0.05) is 41.5 Å². The largest absolute Gasteiger partial charge is 0.326 e. The van der Waals surface area contributed by atoms with Crippen molar-refractivity contribution in [1.82, 2.24) is 0 Å². The van der Waals surface area contributed by atoms with Crippen molar-refractivity contribution < 1.29 is 4.39 Å². The molecule has 2 aromatic rings. The standard InChI is InChI=1S/C15H16FN/c1-10-5-11(2)7-13(6-10)14-4-3-12(9-17)8-15(14)16/h3-8H,9,17H2,1-2H3. The minimum absolute atomic E-state index is 0.210. The molecule has 0 fully saturated rings. The van der Waals surface area contributed by atoms with E-state index in [1.807, 2.05) is 32.0 Å². The Labute approximate surface area is 101 Å². The molecule has 0 saturated carbocycles. The molecule has 0 aliphatic rings. The van der Waals surface area contributed by atoms with Crippen LogP contribution >= 0.6 is 0 Å². The SMILES string of the molecule is Cc1cc(C)cc(-c2ccc(CN)cc2F)c1. The zero-order valence-electron chi connectivity index (χ0n) is 10.1. The van der Waals surface area contributed by atoms with E-state index in [0.717, 1.165) is 22.3 Å². The summed E-state index contributed by atoms with van der Waals surface area (Å²) in [4.78, 5) is 0. The van der Waals surface area contributed by atoms with Crippen LogP contribution in [0.4, 0.5) is 4.39 Å².